The molecule has 3 heteroatoms. The van der Waals surface area contributed by atoms with Crippen molar-refractivity contribution < 1.29 is 14.7 Å². The average Bonchev–Trinajstić information content (AvgIpc) is 2.34. The van der Waals surface area contributed by atoms with Crippen LogP contribution in [-0.4, -0.2) is 16.9 Å². The Hall–Kier alpha value is -1.64. The summed E-state index contributed by atoms with van der Waals surface area (Å²) in [5.74, 6) is -0.712. The normalized spacial score (nSPS) is 12.1. The minimum absolute atomic E-state index is 0.0963. The quantitative estimate of drug-likeness (QED) is 0.738. The summed E-state index contributed by atoms with van der Waals surface area (Å²) in [5.41, 5.74) is 1.02. The van der Waals surface area contributed by atoms with E-state index in [0.717, 1.165) is 5.56 Å². The fraction of sp³-hybridized carbons (Fsp3) is 0.429. The Bertz CT molecular complexity index is 370. The summed E-state index contributed by atoms with van der Waals surface area (Å²) in [6.07, 6.45) is 1.83. The van der Waals surface area contributed by atoms with Gasteiger partial charge in [-0.15, -0.1) is 0 Å². The molecule has 0 aliphatic carbocycles. The molecule has 0 spiro atoms. The number of ketones is 1. The zero-order valence-corrected chi connectivity index (χ0v) is 10.1. The third-order valence-electron chi connectivity index (χ3n) is 2.85. The minimum atomic E-state index is -0.798. The highest BCUT2D eigenvalue weighted by molar-refractivity contribution is 5.85. The Morgan fingerprint density at radius 3 is 2.29 bits per heavy atom. The van der Waals surface area contributed by atoms with Crippen LogP contribution in [0.1, 0.15) is 44.1 Å². The van der Waals surface area contributed by atoms with E-state index in [1.807, 2.05) is 37.3 Å². The van der Waals surface area contributed by atoms with E-state index in [-0.39, 0.29) is 18.1 Å². The second-order valence-corrected chi connectivity index (χ2v) is 4.20. The third kappa shape index (κ3) is 4.81. The van der Waals surface area contributed by atoms with Gasteiger partial charge >= 0.3 is 5.97 Å². The summed E-state index contributed by atoms with van der Waals surface area (Å²) in [7, 11) is 0. The molecule has 92 valence electrons. The zero-order chi connectivity index (χ0) is 12.7. The SMILES string of the molecule is CC(C(=O)CCCCC(=O)O)c1ccccc1. The fourth-order valence-corrected chi connectivity index (χ4v) is 1.72. The predicted octanol–water partition coefficient (Wildman–Crippen LogP) is 3.00. The molecule has 0 aliphatic rings. The maximum absolute atomic E-state index is 11.8. The molecule has 0 saturated heterocycles. The Morgan fingerprint density at radius 2 is 1.71 bits per heavy atom. The van der Waals surface area contributed by atoms with Crippen molar-refractivity contribution in [3.05, 3.63) is 35.9 Å². The molecule has 1 aromatic rings. The molecule has 1 unspecified atom stereocenters. The summed E-state index contributed by atoms with van der Waals surface area (Å²) in [4.78, 5) is 22.2. The zero-order valence-electron chi connectivity index (χ0n) is 10.1. The standard InChI is InChI=1S/C14H18O3/c1-11(12-7-3-2-4-8-12)13(15)9-5-6-10-14(16)17/h2-4,7-8,11H,5-6,9-10H2,1H3,(H,16,17). The van der Waals surface area contributed by atoms with Crippen molar-refractivity contribution in [3.63, 3.8) is 0 Å². The highest BCUT2D eigenvalue weighted by Crippen LogP contribution is 2.18. The van der Waals surface area contributed by atoms with E-state index < -0.39 is 5.97 Å². The lowest BCUT2D eigenvalue weighted by molar-refractivity contribution is -0.137. The van der Waals surface area contributed by atoms with Crippen molar-refractivity contribution in [1.29, 1.82) is 0 Å². The van der Waals surface area contributed by atoms with Crippen LogP contribution in [0, 0.1) is 0 Å². The van der Waals surface area contributed by atoms with Crippen molar-refractivity contribution in [1.82, 2.24) is 0 Å². The number of Topliss-reactive ketones (excluding diaryl/α,β-unsaturated/α-hetero) is 1. The van der Waals surface area contributed by atoms with Gasteiger partial charge < -0.3 is 5.11 Å². The Kier molecular flexibility index (Phi) is 5.40. The lowest BCUT2D eigenvalue weighted by Crippen LogP contribution is -2.09. The summed E-state index contributed by atoms with van der Waals surface area (Å²) in [6, 6.07) is 9.65. The van der Waals surface area contributed by atoms with Crippen molar-refractivity contribution >= 4 is 11.8 Å². The van der Waals surface area contributed by atoms with Crippen LogP contribution in [0.4, 0.5) is 0 Å². The Balaban J connectivity index is 2.35. The van der Waals surface area contributed by atoms with E-state index in [9.17, 15) is 9.59 Å². The lowest BCUT2D eigenvalue weighted by Gasteiger charge is -2.10. The second kappa shape index (κ2) is 6.84. The molecule has 1 aromatic carbocycles. The van der Waals surface area contributed by atoms with Crippen molar-refractivity contribution in [2.75, 3.05) is 0 Å². The van der Waals surface area contributed by atoms with E-state index in [2.05, 4.69) is 0 Å². The van der Waals surface area contributed by atoms with Gasteiger partial charge in [-0.25, -0.2) is 0 Å². The van der Waals surface area contributed by atoms with Gasteiger partial charge in [0.1, 0.15) is 5.78 Å². The smallest absolute Gasteiger partial charge is 0.303 e. The summed E-state index contributed by atoms with van der Waals surface area (Å²) in [6.45, 7) is 1.90. The number of benzene rings is 1. The predicted molar refractivity (Wildman–Crippen MR) is 66.0 cm³/mol. The van der Waals surface area contributed by atoms with Gasteiger partial charge in [0.15, 0.2) is 0 Å². The Labute approximate surface area is 101 Å². The monoisotopic (exact) mass is 234 g/mol. The first-order chi connectivity index (χ1) is 8.11. The van der Waals surface area contributed by atoms with E-state index >= 15 is 0 Å². The number of carboxylic acid groups (broad SMARTS) is 1. The molecule has 0 heterocycles. The lowest BCUT2D eigenvalue weighted by atomic mass is 9.93. The molecule has 1 rings (SSSR count). The van der Waals surface area contributed by atoms with Crippen LogP contribution >= 0.6 is 0 Å². The molecule has 17 heavy (non-hydrogen) atoms. The van der Waals surface area contributed by atoms with Crippen LogP contribution < -0.4 is 0 Å². The van der Waals surface area contributed by atoms with Crippen LogP contribution in [-0.2, 0) is 9.59 Å². The summed E-state index contributed by atoms with van der Waals surface area (Å²) >= 11 is 0. The number of carbonyl (C=O) groups excluding carboxylic acids is 1. The number of hydrogen-bond acceptors (Lipinski definition) is 2. The van der Waals surface area contributed by atoms with E-state index in [1.54, 1.807) is 0 Å². The van der Waals surface area contributed by atoms with Crippen molar-refractivity contribution in [2.24, 2.45) is 0 Å². The fourth-order valence-electron chi connectivity index (χ4n) is 1.72. The van der Waals surface area contributed by atoms with E-state index in [0.29, 0.717) is 19.3 Å². The number of unbranched alkanes of at least 4 members (excludes halogenated alkanes) is 1. The van der Waals surface area contributed by atoms with Gasteiger partial charge in [0, 0.05) is 18.8 Å². The molecular weight excluding hydrogens is 216 g/mol. The second-order valence-electron chi connectivity index (χ2n) is 4.20. The van der Waals surface area contributed by atoms with Crippen LogP contribution in [0.3, 0.4) is 0 Å². The Morgan fingerprint density at radius 1 is 1.12 bits per heavy atom. The van der Waals surface area contributed by atoms with Gasteiger partial charge in [-0.2, -0.15) is 0 Å². The first-order valence-electron chi connectivity index (χ1n) is 5.90. The largest absolute Gasteiger partial charge is 0.481 e. The van der Waals surface area contributed by atoms with E-state index in [1.165, 1.54) is 0 Å². The van der Waals surface area contributed by atoms with Crippen molar-refractivity contribution in [2.45, 2.75) is 38.5 Å². The topological polar surface area (TPSA) is 54.4 Å². The molecule has 0 aliphatic heterocycles. The highest BCUT2D eigenvalue weighted by atomic mass is 16.4. The molecule has 0 amide bonds. The number of hydrogen-bond donors (Lipinski definition) is 1. The van der Waals surface area contributed by atoms with Crippen LogP contribution in [0.15, 0.2) is 30.3 Å². The molecule has 0 fully saturated rings. The number of carboxylic acids is 1. The summed E-state index contributed by atoms with van der Waals surface area (Å²) < 4.78 is 0. The maximum Gasteiger partial charge on any atom is 0.303 e. The number of aliphatic carboxylic acids is 1. The number of carbonyl (C=O) groups is 2. The van der Waals surface area contributed by atoms with Crippen molar-refractivity contribution in [3.8, 4) is 0 Å². The molecule has 3 nitrogen and oxygen atoms in total. The van der Waals surface area contributed by atoms with Crippen LogP contribution in [0.25, 0.3) is 0 Å². The van der Waals surface area contributed by atoms with Gasteiger partial charge in [0.05, 0.1) is 0 Å². The highest BCUT2D eigenvalue weighted by Gasteiger charge is 2.14. The first kappa shape index (κ1) is 13.4. The first-order valence-corrected chi connectivity index (χ1v) is 5.90. The molecule has 0 bridgehead atoms. The van der Waals surface area contributed by atoms with Gasteiger partial charge in [-0.1, -0.05) is 37.3 Å². The molecule has 1 N–H and O–H groups in total. The van der Waals surface area contributed by atoms with E-state index in [4.69, 9.17) is 5.11 Å². The molecule has 1 atom stereocenters. The average molecular weight is 234 g/mol. The summed E-state index contributed by atoms with van der Waals surface area (Å²) in [5, 5.41) is 8.48. The van der Waals surface area contributed by atoms with Gasteiger partial charge in [0.2, 0.25) is 0 Å². The van der Waals surface area contributed by atoms with Crippen LogP contribution in [0.2, 0.25) is 0 Å². The van der Waals surface area contributed by atoms with Gasteiger partial charge in [0.25, 0.3) is 0 Å². The number of rotatable bonds is 7. The maximum atomic E-state index is 11.8. The van der Waals surface area contributed by atoms with Gasteiger partial charge in [-0.3, -0.25) is 9.59 Å². The third-order valence-corrected chi connectivity index (χ3v) is 2.85. The van der Waals surface area contributed by atoms with Gasteiger partial charge in [-0.05, 0) is 18.4 Å². The molecule has 0 saturated carbocycles. The van der Waals surface area contributed by atoms with Crippen LogP contribution in [0.5, 0.6) is 0 Å². The molecule has 0 aromatic heterocycles. The minimum Gasteiger partial charge on any atom is -0.481 e. The molecular formula is C14H18O3. The molecule has 0 radical (unpaired) electrons.